The fourth-order valence-electron chi connectivity index (χ4n) is 2.37. The molecule has 132 valence electrons. The molecule has 0 saturated heterocycles. The number of carbonyl (C=O) groups excluding carboxylic acids is 1. The van der Waals surface area contributed by atoms with Gasteiger partial charge in [-0.1, -0.05) is 31.2 Å². The quantitative estimate of drug-likeness (QED) is 0.796. The molecular formula is C16H23ClFN5O. The molecule has 0 aliphatic carbocycles. The molecule has 0 fully saturated rings. The first kappa shape index (κ1) is 20.1. The molecule has 0 bridgehead atoms. The minimum Gasteiger partial charge on any atom is -0.344 e. The largest absolute Gasteiger partial charge is 0.344 e. The molecule has 1 heterocycles. The van der Waals surface area contributed by atoms with E-state index in [0.29, 0.717) is 13.1 Å². The summed E-state index contributed by atoms with van der Waals surface area (Å²) >= 11 is 0. The van der Waals surface area contributed by atoms with Gasteiger partial charge in [0.05, 0.1) is 18.3 Å². The molecule has 2 aromatic rings. The average Bonchev–Trinajstić information content (AvgIpc) is 3.01. The number of hydrogen-bond donors (Lipinski definition) is 2. The minimum absolute atomic E-state index is 0. The predicted octanol–water partition coefficient (Wildman–Crippen LogP) is 2.13. The molecule has 6 nitrogen and oxygen atoms in total. The zero-order valence-electron chi connectivity index (χ0n) is 13.8. The van der Waals surface area contributed by atoms with E-state index in [4.69, 9.17) is 5.73 Å². The molecule has 0 aliphatic heterocycles. The average molecular weight is 356 g/mol. The summed E-state index contributed by atoms with van der Waals surface area (Å²) in [5, 5.41) is 10.8. The third-order valence-electron chi connectivity index (χ3n) is 4.13. The van der Waals surface area contributed by atoms with Crippen LogP contribution in [-0.4, -0.2) is 33.0 Å². The van der Waals surface area contributed by atoms with Gasteiger partial charge in [-0.15, -0.1) is 17.5 Å². The van der Waals surface area contributed by atoms with Crippen LogP contribution in [-0.2, 0) is 6.54 Å². The van der Waals surface area contributed by atoms with Crippen molar-refractivity contribution in [1.29, 1.82) is 0 Å². The molecule has 24 heavy (non-hydrogen) atoms. The summed E-state index contributed by atoms with van der Waals surface area (Å²) in [6.07, 6.45) is 3.03. The van der Waals surface area contributed by atoms with Crippen molar-refractivity contribution in [2.24, 2.45) is 5.73 Å². The Morgan fingerprint density at radius 1 is 1.38 bits per heavy atom. The third kappa shape index (κ3) is 4.75. The third-order valence-corrected chi connectivity index (χ3v) is 4.13. The Bertz CT molecular complexity index is 664. The maximum Gasteiger partial charge on any atom is 0.273 e. The van der Waals surface area contributed by atoms with Crippen LogP contribution in [0.15, 0.2) is 30.5 Å². The van der Waals surface area contributed by atoms with Gasteiger partial charge in [-0.25, -0.2) is 9.07 Å². The van der Waals surface area contributed by atoms with Crippen LogP contribution in [0.1, 0.15) is 42.7 Å². The van der Waals surface area contributed by atoms with Crippen LogP contribution in [0.5, 0.6) is 0 Å². The second-order valence-electron chi connectivity index (χ2n) is 5.58. The van der Waals surface area contributed by atoms with Gasteiger partial charge in [0.25, 0.3) is 5.91 Å². The monoisotopic (exact) mass is 355 g/mol. The summed E-state index contributed by atoms with van der Waals surface area (Å²) < 4.78 is 14.7. The normalized spacial score (nSPS) is 11.0. The van der Waals surface area contributed by atoms with Crippen molar-refractivity contribution in [3.05, 3.63) is 47.5 Å². The van der Waals surface area contributed by atoms with Crippen molar-refractivity contribution in [2.75, 3.05) is 6.54 Å². The molecule has 0 radical (unpaired) electrons. The van der Waals surface area contributed by atoms with Gasteiger partial charge in [-0.2, -0.15) is 0 Å². The lowest BCUT2D eigenvalue weighted by atomic mass is 9.93. The number of benzene rings is 1. The van der Waals surface area contributed by atoms with Gasteiger partial charge in [0.2, 0.25) is 0 Å². The molecule has 8 heteroatoms. The number of carbonyl (C=O) groups is 1. The number of nitrogens with one attached hydrogen (secondary N) is 1. The Morgan fingerprint density at radius 2 is 2.08 bits per heavy atom. The second-order valence-corrected chi connectivity index (χ2v) is 5.58. The van der Waals surface area contributed by atoms with Crippen LogP contribution in [0.2, 0.25) is 0 Å². The number of halogens is 2. The van der Waals surface area contributed by atoms with Gasteiger partial charge in [0.1, 0.15) is 5.82 Å². The van der Waals surface area contributed by atoms with E-state index in [1.165, 1.54) is 16.8 Å². The van der Waals surface area contributed by atoms with E-state index in [0.717, 1.165) is 18.4 Å². The van der Waals surface area contributed by atoms with Crippen molar-refractivity contribution in [1.82, 2.24) is 20.3 Å². The number of aromatic nitrogens is 3. The van der Waals surface area contributed by atoms with E-state index in [2.05, 4.69) is 15.6 Å². The van der Waals surface area contributed by atoms with E-state index in [9.17, 15) is 9.18 Å². The van der Waals surface area contributed by atoms with E-state index < -0.39 is 5.54 Å². The maximum atomic E-state index is 13.2. The van der Waals surface area contributed by atoms with Crippen molar-refractivity contribution >= 4 is 18.3 Å². The van der Waals surface area contributed by atoms with Crippen molar-refractivity contribution in [2.45, 2.75) is 38.8 Å². The maximum absolute atomic E-state index is 13.2. The van der Waals surface area contributed by atoms with Gasteiger partial charge in [-0.3, -0.25) is 4.79 Å². The van der Waals surface area contributed by atoms with E-state index in [-0.39, 0.29) is 29.8 Å². The first-order valence-corrected chi connectivity index (χ1v) is 7.69. The lowest BCUT2D eigenvalue weighted by Gasteiger charge is -2.30. The zero-order chi connectivity index (χ0) is 16.9. The summed E-state index contributed by atoms with van der Waals surface area (Å²) in [5.41, 5.74) is 6.33. The standard InChI is InChI=1S/C16H22FN5O.ClH/c1-3-16(4-2,11-18)19-15(23)14-10-22(21-20-14)9-12-6-5-7-13(17)8-12;/h5-8,10H,3-4,9,11,18H2,1-2H3,(H,19,23);1H. The number of rotatable bonds is 7. The Kier molecular flexibility index (Phi) is 7.31. The van der Waals surface area contributed by atoms with E-state index in [1.54, 1.807) is 18.3 Å². The number of amides is 1. The molecule has 0 atom stereocenters. The Morgan fingerprint density at radius 3 is 2.67 bits per heavy atom. The molecular weight excluding hydrogens is 333 g/mol. The van der Waals surface area contributed by atoms with Crippen LogP contribution >= 0.6 is 12.4 Å². The summed E-state index contributed by atoms with van der Waals surface area (Å²) in [5.74, 6) is -0.608. The van der Waals surface area contributed by atoms with E-state index in [1.807, 2.05) is 13.8 Å². The first-order valence-electron chi connectivity index (χ1n) is 7.69. The van der Waals surface area contributed by atoms with Crippen LogP contribution < -0.4 is 11.1 Å². The molecule has 0 spiro atoms. The van der Waals surface area contributed by atoms with E-state index >= 15 is 0 Å². The molecule has 1 amide bonds. The molecule has 2 rings (SSSR count). The van der Waals surface area contributed by atoms with Crippen LogP contribution in [0.25, 0.3) is 0 Å². The smallest absolute Gasteiger partial charge is 0.273 e. The molecule has 1 aromatic carbocycles. The number of nitrogens with zero attached hydrogens (tertiary/aromatic N) is 3. The molecule has 1 aromatic heterocycles. The van der Waals surface area contributed by atoms with Crippen molar-refractivity contribution in [3.8, 4) is 0 Å². The van der Waals surface area contributed by atoms with Gasteiger partial charge < -0.3 is 11.1 Å². The lowest BCUT2D eigenvalue weighted by Crippen LogP contribution is -2.53. The molecule has 0 unspecified atom stereocenters. The SMILES string of the molecule is CCC(CC)(CN)NC(=O)c1cn(Cc2cccc(F)c2)nn1.Cl. The minimum atomic E-state index is -0.427. The summed E-state index contributed by atoms with van der Waals surface area (Å²) in [7, 11) is 0. The first-order chi connectivity index (χ1) is 11.0. The van der Waals surface area contributed by atoms with Crippen LogP contribution in [0, 0.1) is 5.82 Å². The zero-order valence-corrected chi connectivity index (χ0v) is 14.6. The number of nitrogens with two attached hydrogens (primary N) is 1. The summed E-state index contributed by atoms with van der Waals surface area (Å²) in [4.78, 5) is 12.3. The Labute approximate surface area is 147 Å². The fraction of sp³-hybridized carbons (Fsp3) is 0.438. The fourth-order valence-corrected chi connectivity index (χ4v) is 2.37. The highest BCUT2D eigenvalue weighted by molar-refractivity contribution is 5.92. The predicted molar refractivity (Wildman–Crippen MR) is 92.6 cm³/mol. The molecule has 3 N–H and O–H groups in total. The van der Waals surface area contributed by atoms with Gasteiger partial charge in [0, 0.05) is 6.54 Å². The highest BCUT2D eigenvalue weighted by Gasteiger charge is 2.27. The topological polar surface area (TPSA) is 85.8 Å². The number of hydrogen-bond acceptors (Lipinski definition) is 4. The summed E-state index contributed by atoms with van der Waals surface area (Å²) in [6.45, 7) is 4.68. The summed E-state index contributed by atoms with van der Waals surface area (Å²) in [6, 6.07) is 6.23. The van der Waals surface area contributed by atoms with Crippen molar-refractivity contribution < 1.29 is 9.18 Å². The van der Waals surface area contributed by atoms with Crippen LogP contribution in [0.3, 0.4) is 0 Å². The second kappa shape index (κ2) is 8.75. The highest BCUT2D eigenvalue weighted by atomic mass is 35.5. The van der Waals surface area contributed by atoms with Gasteiger partial charge >= 0.3 is 0 Å². The van der Waals surface area contributed by atoms with Crippen LogP contribution in [0.4, 0.5) is 4.39 Å². The van der Waals surface area contributed by atoms with Gasteiger partial charge in [-0.05, 0) is 30.5 Å². The Balaban J connectivity index is 0.00000288. The lowest BCUT2D eigenvalue weighted by molar-refractivity contribution is 0.0890. The molecule has 0 aliphatic rings. The van der Waals surface area contributed by atoms with Crippen molar-refractivity contribution in [3.63, 3.8) is 0 Å². The van der Waals surface area contributed by atoms with Gasteiger partial charge in [0.15, 0.2) is 5.69 Å². The molecule has 0 saturated carbocycles. The highest BCUT2D eigenvalue weighted by Crippen LogP contribution is 2.14. The Hall–Kier alpha value is -1.99.